The molecule has 3 aromatic heterocycles. The molecule has 0 N–H and O–H groups in total. The Kier molecular flexibility index (Phi) is 8.87. The summed E-state index contributed by atoms with van der Waals surface area (Å²) in [4.78, 5) is 5.14. The first-order valence-corrected chi connectivity index (χ1v) is 21.4. The number of pyridine rings is 1. The van der Waals surface area contributed by atoms with Crippen LogP contribution < -0.4 is 0 Å². The molecule has 0 spiro atoms. The first-order chi connectivity index (χ1) is 31.6. The molecule has 9 aromatic carbocycles. The first kappa shape index (κ1) is 37.4. The number of hydrogen-bond acceptors (Lipinski definition) is 1. The van der Waals surface area contributed by atoms with Gasteiger partial charge in [-0.3, -0.25) is 9.13 Å². The van der Waals surface area contributed by atoms with Gasteiger partial charge in [-0.1, -0.05) is 176 Å². The second-order valence-electron chi connectivity index (χ2n) is 16.2. The van der Waals surface area contributed by atoms with Crippen molar-refractivity contribution in [3.05, 3.63) is 236 Å². The van der Waals surface area contributed by atoms with Gasteiger partial charge >= 0.3 is 0 Å². The van der Waals surface area contributed by atoms with Crippen molar-refractivity contribution in [1.82, 2.24) is 14.1 Å². The molecule has 0 aliphatic heterocycles. The normalized spacial score (nSPS) is 11.6. The quantitative estimate of drug-likeness (QED) is 0.157. The highest BCUT2D eigenvalue weighted by atomic mass is 19.1. The minimum atomic E-state index is -0.746. The first-order valence-electron chi connectivity index (χ1n) is 21.4. The number of fused-ring (bicyclic) bond motifs is 6. The number of hydrogen-bond donors (Lipinski definition) is 0. The second-order valence-corrected chi connectivity index (χ2v) is 16.2. The van der Waals surface area contributed by atoms with Gasteiger partial charge in [0, 0.05) is 21.5 Å². The predicted octanol–water partition coefficient (Wildman–Crippen LogP) is 15.9. The van der Waals surface area contributed by atoms with Gasteiger partial charge in [0.1, 0.15) is 0 Å². The average Bonchev–Trinajstić information content (AvgIpc) is 3.86. The number of nitrogens with zero attached hydrogens (tertiary/aromatic N) is 3. The van der Waals surface area contributed by atoms with Crippen molar-refractivity contribution in [3.63, 3.8) is 0 Å². The van der Waals surface area contributed by atoms with E-state index in [1.807, 2.05) is 112 Å². The molecule has 0 atom stereocenters. The standard InChI is InChI=1S/C59H37F2N3/c60-56-55(42-24-14-5-15-25-42)57(61)59(64-53-32-28-45(40-20-10-3-11-21-40)36-49(53)50-37-46(29-33-54(50)64)41-22-12-4-13-23-41)62-58(56)63-51-30-26-43(38-16-6-1-7-17-38)34-47(51)48-35-44(27-31-52(48)63)39-18-8-2-9-19-39/h1-37H. The molecule has 5 heteroatoms. The van der Waals surface area contributed by atoms with E-state index in [2.05, 4.69) is 97.1 Å². The van der Waals surface area contributed by atoms with Crippen LogP contribution in [-0.4, -0.2) is 14.1 Å². The van der Waals surface area contributed by atoms with Gasteiger partial charge in [0.25, 0.3) is 0 Å². The maximum absolute atomic E-state index is 17.9. The van der Waals surface area contributed by atoms with Crippen molar-refractivity contribution >= 4 is 43.6 Å². The molecule has 0 fully saturated rings. The molecule has 302 valence electrons. The molecule has 12 aromatic rings. The van der Waals surface area contributed by atoms with E-state index < -0.39 is 11.6 Å². The number of halogens is 2. The summed E-state index contributed by atoms with van der Waals surface area (Å²) in [5.74, 6) is -1.48. The molecule has 3 heterocycles. The second kappa shape index (κ2) is 15.2. The summed E-state index contributed by atoms with van der Waals surface area (Å²) < 4.78 is 39.6. The zero-order chi connectivity index (χ0) is 42.7. The molecule has 3 nitrogen and oxygen atoms in total. The number of rotatable bonds is 7. The average molecular weight is 826 g/mol. The zero-order valence-electron chi connectivity index (χ0n) is 34.5. The molecular weight excluding hydrogens is 789 g/mol. The Morgan fingerprint density at radius 2 is 0.516 bits per heavy atom. The highest BCUT2D eigenvalue weighted by Crippen LogP contribution is 2.43. The topological polar surface area (TPSA) is 22.8 Å². The third-order valence-electron chi connectivity index (χ3n) is 12.5. The SMILES string of the molecule is Fc1c(-n2c3ccc(-c4ccccc4)cc3c3cc(-c4ccccc4)ccc32)nc(-n2c3ccc(-c4ccccc4)cc3c3cc(-c4ccccc4)ccc32)c(F)c1-c1ccccc1. The number of aromatic nitrogens is 3. The van der Waals surface area contributed by atoms with Gasteiger partial charge in [-0.2, -0.15) is 0 Å². The van der Waals surface area contributed by atoms with Crippen molar-refractivity contribution in [3.8, 4) is 67.3 Å². The van der Waals surface area contributed by atoms with E-state index in [1.165, 1.54) is 0 Å². The van der Waals surface area contributed by atoms with Crippen LogP contribution in [0.1, 0.15) is 0 Å². The molecule has 0 radical (unpaired) electrons. The predicted molar refractivity (Wildman–Crippen MR) is 260 cm³/mol. The Labute approximate surface area is 368 Å². The van der Waals surface area contributed by atoms with E-state index in [-0.39, 0.29) is 17.2 Å². The van der Waals surface area contributed by atoms with Crippen LogP contribution in [0.2, 0.25) is 0 Å². The lowest BCUT2D eigenvalue weighted by Gasteiger charge is -2.17. The molecule has 0 saturated carbocycles. The van der Waals surface area contributed by atoms with Crippen LogP contribution in [0, 0.1) is 11.6 Å². The Hall–Kier alpha value is -8.41. The minimum Gasteiger partial charge on any atom is -0.291 e. The van der Waals surface area contributed by atoms with Crippen molar-refractivity contribution in [1.29, 1.82) is 0 Å². The van der Waals surface area contributed by atoms with Crippen LogP contribution in [0.25, 0.3) is 111 Å². The molecule has 0 saturated heterocycles. The van der Waals surface area contributed by atoms with Crippen LogP contribution in [0.4, 0.5) is 8.78 Å². The smallest absolute Gasteiger partial charge is 0.177 e. The Balaban J connectivity index is 1.17. The van der Waals surface area contributed by atoms with Crippen LogP contribution in [0.15, 0.2) is 224 Å². The molecule has 0 bridgehead atoms. The Morgan fingerprint density at radius 1 is 0.266 bits per heavy atom. The van der Waals surface area contributed by atoms with Crippen LogP contribution in [0.5, 0.6) is 0 Å². The molecule has 0 amide bonds. The third-order valence-corrected chi connectivity index (χ3v) is 12.5. The largest absolute Gasteiger partial charge is 0.291 e. The summed E-state index contributed by atoms with van der Waals surface area (Å²) in [6.07, 6.45) is 0. The monoisotopic (exact) mass is 825 g/mol. The highest BCUT2D eigenvalue weighted by molar-refractivity contribution is 6.13. The fourth-order valence-corrected chi connectivity index (χ4v) is 9.42. The maximum atomic E-state index is 17.9. The summed E-state index contributed by atoms with van der Waals surface area (Å²) in [6, 6.07) is 75.0. The molecule has 64 heavy (non-hydrogen) atoms. The van der Waals surface area contributed by atoms with Crippen molar-refractivity contribution < 1.29 is 8.78 Å². The van der Waals surface area contributed by atoms with Crippen LogP contribution >= 0.6 is 0 Å². The van der Waals surface area contributed by atoms with Gasteiger partial charge in [-0.25, -0.2) is 13.8 Å². The summed E-state index contributed by atoms with van der Waals surface area (Å²) in [5, 5.41) is 3.73. The van der Waals surface area contributed by atoms with E-state index in [4.69, 9.17) is 4.98 Å². The minimum absolute atomic E-state index is 0.00647. The van der Waals surface area contributed by atoms with E-state index in [9.17, 15) is 0 Å². The van der Waals surface area contributed by atoms with Gasteiger partial charge in [-0.05, 0) is 98.6 Å². The summed E-state index contributed by atoms with van der Waals surface area (Å²) in [5.41, 5.74) is 11.7. The lowest BCUT2D eigenvalue weighted by molar-refractivity contribution is 0.569. The molecule has 12 rings (SSSR count). The lowest BCUT2D eigenvalue weighted by atomic mass is 10.0. The molecule has 0 unspecified atom stereocenters. The number of benzene rings is 9. The van der Waals surface area contributed by atoms with Gasteiger partial charge in [0.05, 0.1) is 27.6 Å². The molecule has 0 aliphatic carbocycles. The van der Waals surface area contributed by atoms with E-state index >= 15 is 8.78 Å². The third kappa shape index (κ3) is 6.12. The van der Waals surface area contributed by atoms with E-state index in [1.54, 1.807) is 24.3 Å². The Morgan fingerprint density at radius 3 is 0.781 bits per heavy atom. The molecular formula is C59H37F2N3. The maximum Gasteiger partial charge on any atom is 0.177 e. The summed E-state index contributed by atoms with van der Waals surface area (Å²) >= 11 is 0. The van der Waals surface area contributed by atoms with Crippen LogP contribution in [0.3, 0.4) is 0 Å². The highest BCUT2D eigenvalue weighted by Gasteiger charge is 2.28. The summed E-state index contributed by atoms with van der Waals surface area (Å²) in [6.45, 7) is 0. The van der Waals surface area contributed by atoms with Gasteiger partial charge in [-0.15, -0.1) is 0 Å². The van der Waals surface area contributed by atoms with Crippen LogP contribution in [-0.2, 0) is 0 Å². The van der Waals surface area contributed by atoms with Crippen molar-refractivity contribution in [2.75, 3.05) is 0 Å². The Bertz CT molecular complexity index is 3290. The van der Waals surface area contributed by atoms with Gasteiger partial charge < -0.3 is 0 Å². The zero-order valence-corrected chi connectivity index (χ0v) is 34.5. The van der Waals surface area contributed by atoms with E-state index in [0.717, 1.165) is 88.1 Å². The lowest BCUT2D eigenvalue weighted by Crippen LogP contribution is -2.11. The summed E-state index contributed by atoms with van der Waals surface area (Å²) in [7, 11) is 0. The fourth-order valence-electron chi connectivity index (χ4n) is 9.42. The fraction of sp³-hybridized carbons (Fsp3) is 0. The van der Waals surface area contributed by atoms with Gasteiger partial charge in [0.15, 0.2) is 23.3 Å². The van der Waals surface area contributed by atoms with Gasteiger partial charge in [0.2, 0.25) is 0 Å². The molecule has 0 aliphatic rings. The van der Waals surface area contributed by atoms with Crippen molar-refractivity contribution in [2.45, 2.75) is 0 Å². The van der Waals surface area contributed by atoms with E-state index in [0.29, 0.717) is 5.56 Å². The van der Waals surface area contributed by atoms with Crippen molar-refractivity contribution in [2.24, 2.45) is 0 Å².